The maximum absolute atomic E-state index is 12.2. The Morgan fingerprint density at radius 2 is 1.87 bits per heavy atom. The molecule has 0 aliphatic carbocycles. The molecular formula is C21H18N2O6S. The molecule has 1 heterocycles. The van der Waals surface area contributed by atoms with Crippen LogP contribution in [0.25, 0.3) is 10.2 Å². The molecule has 0 atom stereocenters. The zero-order valence-corrected chi connectivity index (χ0v) is 17.0. The first kappa shape index (κ1) is 21.0. The lowest BCUT2D eigenvalue weighted by Gasteiger charge is -2.11. The van der Waals surface area contributed by atoms with E-state index in [1.165, 1.54) is 43.8 Å². The van der Waals surface area contributed by atoms with Crippen molar-refractivity contribution in [3.05, 3.63) is 60.2 Å². The molecule has 8 nitrogen and oxygen atoms in total. The van der Waals surface area contributed by atoms with E-state index in [2.05, 4.69) is 15.0 Å². The maximum atomic E-state index is 12.2. The van der Waals surface area contributed by atoms with Gasteiger partial charge in [-0.25, -0.2) is 9.78 Å². The fourth-order valence-corrected chi connectivity index (χ4v) is 3.35. The van der Waals surface area contributed by atoms with Gasteiger partial charge in [0, 0.05) is 11.6 Å². The molecule has 0 unspecified atom stereocenters. The minimum Gasteiger partial charge on any atom is -0.493 e. The summed E-state index contributed by atoms with van der Waals surface area (Å²) >= 11 is 1.37. The van der Waals surface area contributed by atoms with Crippen LogP contribution in [0.2, 0.25) is 0 Å². The number of anilines is 1. The van der Waals surface area contributed by atoms with Crippen LogP contribution in [-0.4, -0.2) is 43.5 Å². The van der Waals surface area contributed by atoms with Gasteiger partial charge in [-0.15, -0.1) is 0 Å². The van der Waals surface area contributed by atoms with E-state index < -0.39 is 11.8 Å². The summed E-state index contributed by atoms with van der Waals surface area (Å²) in [5.74, 6) is -0.837. The monoisotopic (exact) mass is 426 g/mol. The van der Waals surface area contributed by atoms with Gasteiger partial charge >= 0.3 is 5.97 Å². The Morgan fingerprint density at radius 3 is 2.60 bits per heavy atom. The molecule has 2 aromatic carbocycles. The number of esters is 1. The van der Waals surface area contributed by atoms with Crippen molar-refractivity contribution in [2.75, 3.05) is 26.1 Å². The van der Waals surface area contributed by atoms with Gasteiger partial charge in [0.05, 0.1) is 24.4 Å². The van der Waals surface area contributed by atoms with Gasteiger partial charge in [-0.2, -0.15) is 0 Å². The van der Waals surface area contributed by atoms with E-state index in [1.807, 2.05) is 24.3 Å². The first-order valence-corrected chi connectivity index (χ1v) is 9.58. The van der Waals surface area contributed by atoms with Crippen LogP contribution in [0.5, 0.6) is 11.5 Å². The molecule has 3 aromatic rings. The van der Waals surface area contributed by atoms with Crippen LogP contribution in [0.4, 0.5) is 5.13 Å². The Balaban J connectivity index is 1.62. The van der Waals surface area contributed by atoms with E-state index >= 15 is 0 Å². The smallest absolute Gasteiger partial charge is 0.330 e. The van der Waals surface area contributed by atoms with Gasteiger partial charge in [0.1, 0.15) is 0 Å². The SMILES string of the molecule is COC(=O)C=CC(=O)c1ccc(OCC(=O)Nc2nc3ccccc3s2)c(OC)c1. The van der Waals surface area contributed by atoms with E-state index in [9.17, 15) is 14.4 Å². The highest BCUT2D eigenvalue weighted by Gasteiger charge is 2.13. The number of para-hydroxylation sites is 1. The number of carbonyl (C=O) groups is 3. The summed E-state index contributed by atoms with van der Waals surface area (Å²) in [6, 6.07) is 12.1. The standard InChI is InChI=1S/C21H18N2O6S/c1-27-17-11-13(15(24)8-10-20(26)28-2)7-9-16(17)29-12-19(25)23-21-22-14-5-3-4-6-18(14)30-21/h3-11H,12H2,1-2H3,(H,22,23,25). The van der Waals surface area contributed by atoms with Gasteiger partial charge in [0.25, 0.3) is 5.91 Å². The van der Waals surface area contributed by atoms with E-state index in [0.717, 1.165) is 22.4 Å². The fraction of sp³-hybridized carbons (Fsp3) is 0.143. The minimum atomic E-state index is -0.630. The van der Waals surface area contributed by atoms with Gasteiger partial charge in [-0.05, 0) is 36.4 Å². The predicted octanol–water partition coefficient (Wildman–Crippen LogP) is 3.23. The number of rotatable bonds is 8. The summed E-state index contributed by atoms with van der Waals surface area (Å²) in [6.07, 6.45) is 2.14. The molecule has 0 bridgehead atoms. The third-order valence-electron chi connectivity index (χ3n) is 3.92. The van der Waals surface area contributed by atoms with E-state index in [0.29, 0.717) is 16.4 Å². The minimum absolute atomic E-state index is 0.262. The topological polar surface area (TPSA) is 104 Å². The molecule has 0 radical (unpaired) electrons. The van der Waals surface area contributed by atoms with Crippen LogP contribution in [0, 0.1) is 0 Å². The molecule has 0 spiro atoms. The third-order valence-corrected chi connectivity index (χ3v) is 4.87. The molecule has 0 aliphatic heterocycles. The Kier molecular flexibility index (Phi) is 6.76. The zero-order valence-electron chi connectivity index (χ0n) is 16.2. The van der Waals surface area contributed by atoms with Crippen LogP contribution < -0.4 is 14.8 Å². The average molecular weight is 426 g/mol. The number of thiazole rings is 1. The number of nitrogens with zero attached hydrogens (tertiary/aromatic N) is 1. The van der Waals surface area contributed by atoms with E-state index in [1.54, 1.807) is 0 Å². The van der Waals surface area contributed by atoms with Crippen LogP contribution in [-0.2, 0) is 14.3 Å². The largest absolute Gasteiger partial charge is 0.493 e. The van der Waals surface area contributed by atoms with Crippen molar-refractivity contribution >= 4 is 44.3 Å². The van der Waals surface area contributed by atoms with Crippen LogP contribution >= 0.6 is 11.3 Å². The number of hydrogen-bond acceptors (Lipinski definition) is 8. The number of carbonyl (C=O) groups excluding carboxylic acids is 3. The number of nitrogens with one attached hydrogen (secondary N) is 1. The zero-order chi connectivity index (χ0) is 21.5. The van der Waals surface area contributed by atoms with Crippen molar-refractivity contribution in [1.29, 1.82) is 0 Å². The van der Waals surface area contributed by atoms with Crippen molar-refractivity contribution in [1.82, 2.24) is 4.98 Å². The molecule has 1 aromatic heterocycles. The number of fused-ring (bicyclic) bond motifs is 1. The van der Waals surface area contributed by atoms with E-state index in [-0.39, 0.29) is 18.3 Å². The molecule has 3 rings (SSSR count). The Labute approximate surface area is 176 Å². The fourth-order valence-electron chi connectivity index (χ4n) is 2.47. The van der Waals surface area contributed by atoms with E-state index in [4.69, 9.17) is 9.47 Å². The Bertz CT molecular complexity index is 1090. The number of ether oxygens (including phenoxy) is 3. The highest BCUT2D eigenvalue weighted by Crippen LogP contribution is 2.29. The summed E-state index contributed by atoms with van der Waals surface area (Å²) in [5.41, 5.74) is 1.10. The van der Waals surface area contributed by atoms with Gasteiger partial charge in [0.2, 0.25) is 0 Å². The summed E-state index contributed by atoms with van der Waals surface area (Å²) in [5, 5.41) is 3.18. The average Bonchev–Trinajstić information content (AvgIpc) is 3.17. The molecule has 0 saturated carbocycles. The highest BCUT2D eigenvalue weighted by molar-refractivity contribution is 7.22. The lowest BCUT2D eigenvalue weighted by atomic mass is 10.1. The molecule has 0 aliphatic rings. The Hall–Kier alpha value is -3.72. The van der Waals surface area contributed by atoms with Gasteiger partial charge < -0.3 is 14.2 Å². The summed E-state index contributed by atoms with van der Waals surface area (Å²) in [4.78, 5) is 39.8. The number of amides is 1. The van der Waals surface area contributed by atoms with Crippen LogP contribution in [0.15, 0.2) is 54.6 Å². The molecule has 0 saturated heterocycles. The first-order chi connectivity index (χ1) is 14.5. The molecular weight excluding hydrogens is 408 g/mol. The van der Waals surface area contributed by atoms with Gasteiger partial charge in [-0.1, -0.05) is 23.5 Å². The number of benzene rings is 2. The number of allylic oxidation sites excluding steroid dienone is 1. The lowest BCUT2D eigenvalue weighted by molar-refractivity contribution is -0.134. The summed E-state index contributed by atoms with van der Waals surface area (Å²) in [6.45, 7) is -0.262. The second-order valence-corrected chi connectivity index (χ2v) is 6.94. The highest BCUT2D eigenvalue weighted by atomic mass is 32.1. The van der Waals surface area contributed by atoms with Crippen molar-refractivity contribution < 1.29 is 28.6 Å². The first-order valence-electron chi connectivity index (χ1n) is 8.76. The molecule has 9 heteroatoms. The van der Waals surface area contributed by atoms with Crippen molar-refractivity contribution in [3.8, 4) is 11.5 Å². The summed E-state index contributed by atoms with van der Waals surface area (Å²) < 4.78 is 16.2. The second kappa shape index (κ2) is 9.66. The maximum Gasteiger partial charge on any atom is 0.330 e. The normalized spacial score (nSPS) is 10.7. The second-order valence-electron chi connectivity index (χ2n) is 5.91. The third kappa shape index (κ3) is 5.21. The van der Waals surface area contributed by atoms with Gasteiger partial charge in [-0.3, -0.25) is 14.9 Å². The van der Waals surface area contributed by atoms with Crippen molar-refractivity contribution in [3.63, 3.8) is 0 Å². The van der Waals surface area contributed by atoms with Crippen molar-refractivity contribution in [2.24, 2.45) is 0 Å². The van der Waals surface area contributed by atoms with Crippen LogP contribution in [0.1, 0.15) is 10.4 Å². The quantitative estimate of drug-likeness (QED) is 0.335. The summed E-state index contributed by atoms with van der Waals surface area (Å²) in [7, 11) is 2.64. The van der Waals surface area contributed by atoms with Crippen molar-refractivity contribution in [2.45, 2.75) is 0 Å². The van der Waals surface area contributed by atoms with Gasteiger partial charge in [0.15, 0.2) is 29.0 Å². The number of ketones is 1. The Morgan fingerprint density at radius 1 is 1.07 bits per heavy atom. The molecule has 154 valence electrons. The number of methoxy groups -OCH3 is 2. The molecule has 1 amide bonds. The predicted molar refractivity (Wildman–Crippen MR) is 112 cm³/mol. The molecule has 0 fully saturated rings. The molecule has 30 heavy (non-hydrogen) atoms. The number of hydrogen-bond donors (Lipinski definition) is 1. The van der Waals surface area contributed by atoms with Crippen LogP contribution in [0.3, 0.4) is 0 Å². The molecule has 1 N–H and O–H groups in total. The number of aromatic nitrogens is 1. The lowest BCUT2D eigenvalue weighted by Crippen LogP contribution is -2.20.